The second-order valence-electron chi connectivity index (χ2n) is 5.64. The lowest BCUT2D eigenvalue weighted by Crippen LogP contribution is -2.46. The van der Waals surface area contributed by atoms with Crippen molar-refractivity contribution in [3.63, 3.8) is 0 Å². The van der Waals surface area contributed by atoms with Gasteiger partial charge in [0.2, 0.25) is 5.91 Å². The van der Waals surface area contributed by atoms with Crippen molar-refractivity contribution in [2.75, 3.05) is 0 Å². The second kappa shape index (κ2) is 6.15. The molecule has 0 aromatic carbocycles. The first-order chi connectivity index (χ1) is 9.09. The quantitative estimate of drug-likeness (QED) is 0.874. The van der Waals surface area contributed by atoms with Gasteiger partial charge in [-0.15, -0.1) is 0 Å². The first-order valence-corrected chi connectivity index (χ1v) is 7.08. The number of nitrogens with two attached hydrogens (primary N) is 1. The maximum atomic E-state index is 12.1. The number of pyridine rings is 1. The van der Waals surface area contributed by atoms with Crippen LogP contribution in [0.15, 0.2) is 24.4 Å². The molecule has 1 atom stereocenters. The van der Waals surface area contributed by atoms with Gasteiger partial charge in [0.25, 0.3) is 0 Å². The van der Waals surface area contributed by atoms with Crippen molar-refractivity contribution in [1.29, 1.82) is 0 Å². The van der Waals surface area contributed by atoms with Gasteiger partial charge >= 0.3 is 0 Å². The van der Waals surface area contributed by atoms with E-state index in [9.17, 15) is 4.79 Å². The van der Waals surface area contributed by atoms with E-state index in [1.807, 2.05) is 25.1 Å². The van der Waals surface area contributed by atoms with E-state index in [0.29, 0.717) is 6.42 Å². The van der Waals surface area contributed by atoms with E-state index in [1.54, 1.807) is 6.20 Å². The Morgan fingerprint density at radius 2 is 2.16 bits per heavy atom. The SMILES string of the molecule is C[C@@H](NC(=O)CC1(N)CCCCC1)c1ccccn1. The van der Waals surface area contributed by atoms with Crippen LogP contribution in [-0.2, 0) is 4.79 Å². The minimum absolute atomic E-state index is 0.0301. The minimum atomic E-state index is -0.299. The molecule has 1 aliphatic carbocycles. The molecule has 1 amide bonds. The van der Waals surface area contributed by atoms with E-state index in [4.69, 9.17) is 5.73 Å². The molecule has 4 heteroatoms. The zero-order valence-electron chi connectivity index (χ0n) is 11.6. The first kappa shape index (κ1) is 14.0. The summed E-state index contributed by atoms with van der Waals surface area (Å²) >= 11 is 0. The van der Waals surface area contributed by atoms with Crippen molar-refractivity contribution in [2.45, 2.75) is 57.0 Å². The summed E-state index contributed by atoms with van der Waals surface area (Å²) in [7, 11) is 0. The van der Waals surface area contributed by atoms with Crippen LogP contribution in [0.5, 0.6) is 0 Å². The van der Waals surface area contributed by atoms with Crippen LogP contribution in [0, 0.1) is 0 Å². The van der Waals surface area contributed by atoms with Gasteiger partial charge < -0.3 is 11.1 Å². The van der Waals surface area contributed by atoms with Crippen LogP contribution in [0.25, 0.3) is 0 Å². The maximum Gasteiger partial charge on any atom is 0.222 e. The summed E-state index contributed by atoms with van der Waals surface area (Å²) in [6, 6.07) is 5.65. The van der Waals surface area contributed by atoms with Crippen molar-refractivity contribution in [3.05, 3.63) is 30.1 Å². The molecule has 0 unspecified atom stereocenters. The third kappa shape index (κ3) is 4.03. The molecule has 0 radical (unpaired) electrons. The van der Waals surface area contributed by atoms with E-state index in [-0.39, 0.29) is 17.5 Å². The monoisotopic (exact) mass is 261 g/mol. The highest BCUT2D eigenvalue weighted by molar-refractivity contribution is 5.77. The largest absolute Gasteiger partial charge is 0.348 e. The number of nitrogens with zero attached hydrogens (tertiary/aromatic N) is 1. The zero-order valence-corrected chi connectivity index (χ0v) is 11.6. The van der Waals surface area contributed by atoms with Crippen molar-refractivity contribution in [3.8, 4) is 0 Å². The van der Waals surface area contributed by atoms with Crippen LogP contribution in [0.4, 0.5) is 0 Å². The Morgan fingerprint density at radius 3 is 2.79 bits per heavy atom. The lowest BCUT2D eigenvalue weighted by molar-refractivity contribution is -0.123. The van der Waals surface area contributed by atoms with Crippen LogP contribution in [-0.4, -0.2) is 16.4 Å². The van der Waals surface area contributed by atoms with Gasteiger partial charge in [-0.25, -0.2) is 0 Å². The maximum absolute atomic E-state index is 12.1. The smallest absolute Gasteiger partial charge is 0.222 e. The minimum Gasteiger partial charge on any atom is -0.348 e. The van der Waals surface area contributed by atoms with Gasteiger partial charge in [0.15, 0.2) is 0 Å². The zero-order chi connectivity index (χ0) is 13.7. The Hall–Kier alpha value is -1.42. The summed E-state index contributed by atoms with van der Waals surface area (Å²) in [4.78, 5) is 16.3. The third-order valence-corrected chi connectivity index (χ3v) is 3.87. The molecule has 1 aromatic heterocycles. The number of amides is 1. The Bertz CT molecular complexity index is 413. The van der Waals surface area contributed by atoms with E-state index >= 15 is 0 Å². The first-order valence-electron chi connectivity index (χ1n) is 7.08. The topological polar surface area (TPSA) is 68.0 Å². The fourth-order valence-corrected chi connectivity index (χ4v) is 2.75. The summed E-state index contributed by atoms with van der Waals surface area (Å²) in [5.41, 5.74) is 6.88. The summed E-state index contributed by atoms with van der Waals surface area (Å²) in [6.45, 7) is 1.95. The molecule has 19 heavy (non-hydrogen) atoms. The number of hydrogen-bond acceptors (Lipinski definition) is 3. The highest BCUT2D eigenvalue weighted by atomic mass is 16.1. The number of nitrogens with one attached hydrogen (secondary N) is 1. The van der Waals surface area contributed by atoms with Crippen LogP contribution in [0.1, 0.15) is 57.2 Å². The predicted octanol–water partition coefficient (Wildman–Crippen LogP) is 2.31. The Labute approximate surface area is 114 Å². The average Bonchev–Trinajstić information content (AvgIpc) is 2.39. The van der Waals surface area contributed by atoms with E-state index in [2.05, 4.69) is 10.3 Å². The predicted molar refractivity (Wildman–Crippen MR) is 75.4 cm³/mol. The molecule has 4 nitrogen and oxygen atoms in total. The average molecular weight is 261 g/mol. The standard InChI is InChI=1S/C15H23N3O/c1-12(13-7-3-6-10-17-13)18-14(19)11-15(16)8-4-2-5-9-15/h3,6-7,10,12H,2,4-5,8-9,11,16H2,1H3,(H,18,19)/t12-/m1/s1. The second-order valence-corrected chi connectivity index (χ2v) is 5.64. The Balaban J connectivity index is 1.87. The van der Waals surface area contributed by atoms with Gasteiger partial charge in [0, 0.05) is 18.2 Å². The van der Waals surface area contributed by atoms with Gasteiger partial charge in [0.05, 0.1) is 11.7 Å². The van der Waals surface area contributed by atoms with Crippen molar-refractivity contribution in [1.82, 2.24) is 10.3 Å². The van der Waals surface area contributed by atoms with Crippen LogP contribution >= 0.6 is 0 Å². The fourth-order valence-electron chi connectivity index (χ4n) is 2.75. The van der Waals surface area contributed by atoms with Gasteiger partial charge in [0.1, 0.15) is 0 Å². The number of hydrogen-bond donors (Lipinski definition) is 2. The highest BCUT2D eigenvalue weighted by Gasteiger charge is 2.30. The van der Waals surface area contributed by atoms with Crippen molar-refractivity contribution >= 4 is 5.91 Å². The molecule has 3 N–H and O–H groups in total. The van der Waals surface area contributed by atoms with E-state index in [1.165, 1.54) is 6.42 Å². The fraction of sp³-hybridized carbons (Fsp3) is 0.600. The lowest BCUT2D eigenvalue weighted by atomic mass is 9.80. The van der Waals surface area contributed by atoms with Gasteiger partial charge in [-0.1, -0.05) is 25.3 Å². The molecular formula is C15H23N3O. The third-order valence-electron chi connectivity index (χ3n) is 3.87. The molecule has 0 aliphatic heterocycles. The molecule has 2 rings (SSSR count). The Kier molecular flexibility index (Phi) is 4.53. The molecule has 0 spiro atoms. The molecule has 1 heterocycles. The van der Waals surface area contributed by atoms with Crippen molar-refractivity contribution in [2.24, 2.45) is 5.73 Å². The van der Waals surface area contributed by atoms with Crippen LogP contribution in [0.3, 0.4) is 0 Å². The molecule has 1 aliphatic rings. The summed E-state index contributed by atoms with van der Waals surface area (Å²) < 4.78 is 0. The number of rotatable bonds is 4. The van der Waals surface area contributed by atoms with E-state index < -0.39 is 0 Å². The summed E-state index contributed by atoms with van der Waals surface area (Å²) in [6.07, 6.45) is 7.59. The molecule has 0 bridgehead atoms. The highest BCUT2D eigenvalue weighted by Crippen LogP contribution is 2.28. The van der Waals surface area contributed by atoms with Gasteiger partial charge in [-0.2, -0.15) is 0 Å². The van der Waals surface area contributed by atoms with E-state index in [0.717, 1.165) is 31.4 Å². The lowest BCUT2D eigenvalue weighted by Gasteiger charge is -2.33. The van der Waals surface area contributed by atoms with Crippen molar-refractivity contribution < 1.29 is 4.79 Å². The summed E-state index contributed by atoms with van der Waals surface area (Å²) in [5, 5.41) is 2.99. The molecule has 1 aromatic rings. The summed E-state index contributed by atoms with van der Waals surface area (Å²) in [5.74, 6) is 0.0301. The Morgan fingerprint density at radius 1 is 1.42 bits per heavy atom. The van der Waals surface area contributed by atoms with Gasteiger partial charge in [-0.3, -0.25) is 9.78 Å². The van der Waals surface area contributed by atoms with Gasteiger partial charge in [-0.05, 0) is 31.9 Å². The normalized spacial score (nSPS) is 19.7. The molecule has 1 fully saturated rings. The van der Waals surface area contributed by atoms with Crippen LogP contribution in [0.2, 0.25) is 0 Å². The molecular weight excluding hydrogens is 238 g/mol. The number of aromatic nitrogens is 1. The molecule has 104 valence electrons. The molecule has 1 saturated carbocycles. The number of carbonyl (C=O) groups is 1. The molecule has 0 saturated heterocycles. The number of carbonyl (C=O) groups excluding carboxylic acids is 1. The van der Waals surface area contributed by atoms with Crippen LogP contribution < -0.4 is 11.1 Å².